The van der Waals surface area contributed by atoms with E-state index in [1.54, 1.807) is 0 Å². The lowest BCUT2D eigenvalue weighted by Crippen LogP contribution is -2.40. The molecule has 0 aliphatic carbocycles. The van der Waals surface area contributed by atoms with Crippen LogP contribution >= 0.6 is 0 Å². The number of nitrogens with one attached hydrogen (secondary N) is 1. The molecule has 4 nitrogen and oxygen atoms in total. The van der Waals surface area contributed by atoms with Crippen LogP contribution in [0.3, 0.4) is 0 Å². The number of anilines is 1. The first-order chi connectivity index (χ1) is 10.2. The van der Waals surface area contributed by atoms with Gasteiger partial charge in [0.05, 0.1) is 0 Å². The summed E-state index contributed by atoms with van der Waals surface area (Å²) in [6.45, 7) is 5.25. The molecule has 0 fully saturated rings. The van der Waals surface area contributed by atoms with E-state index in [-0.39, 0.29) is 0 Å². The predicted molar refractivity (Wildman–Crippen MR) is 93.2 cm³/mol. The van der Waals surface area contributed by atoms with Crippen LogP contribution in [-0.4, -0.2) is 51.6 Å². The minimum Gasteiger partial charge on any atom is -0.375 e. The number of rotatable bonds is 8. The lowest BCUT2D eigenvalue weighted by atomic mass is 10.3. The largest absolute Gasteiger partial charge is 0.375 e. The third kappa shape index (κ3) is 6.52. The number of nitrogens with zero attached hydrogens (tertiary/aromatic N) is 3. The smallest absolute Gasteiger partial charge is 0.193 e. The van der Waals surface area contributed by atoms with Crippen LogP contribution in [0.15, 0.2) is 35.3 Å². The Morgan fingerprint density at radius 1 is 1.10 bits per heavy atom. The molecule has 1 aromatic carbocycles. The SMILES string of the molecule is CCCCN(C)C(=NC)NCCCN(C)c1ccccc1. The molecule has 0 aromatic heterocycles. The summed E-state index contributed by atoms with van der Waals surface area (Å²) >= 11 is 0. The fraction of sp³-hybridized carbons (Fsp3) is 0.588. The molecule has 0 spiro atoms. The second-order valence-corrected chi connectivity index (χ2v) is 5.36. The van der Waals surface area contributed by atoms with Crippen LogP contribution < -0.4 is 10.2 Å². The molecule has 0 saturated carbocycles. The van der Waals surface area contributed by atoms with Crippen molar-refractivity contribution in [2.75, 3.05) is 45.7 Å². The van der Waals surface area contributed by atoms with Gasteiger partial charge in [0.2, 0.25) is 0 Å². The van der Waals surface area contributed by atoms with Crippen LogP contribution in [0, 0.1) is 0 Å². The van der Waals surface area contributed by atoms with Gasteiger partial charge in [0.25, 0.3) is 0 Å². The Hall–Kier alpha value is -1.71. The van der Waals surface area contributed by atoms with E-state index < -0.39 is 0 Å². The zero-order valence-corrected chi connectivity index (χ0v) is 14.0. The van der Waals surface area contributed by atoms with Crippen molar-refractivity contribution >= 4 is 11.6 Å². The van der Waals surface area contributed by atoms with E-state index in [1.807, 2.05) is 7.05 Å². The number of aliphatic imine (C=N–C) groups is 1. The molecule has 21 heavy (non-hydrogen) atoms. The monoisotopic (exact) mass is 290 g/mol. The Morgan fingerprint density at radius 3 is 2.43 bits per heavy atom. The molecule has 4 heteroatoms. The quantitative estimate of drug-likeness (QED) is 0.454. The molecule has 0 aliphatic heterocycles. The van der Waals surface area contributed by atoms with Gasteiger partial charge in [-0.3, -0.25) is 4.99 Å². The highest BCUT2D eigenvalue weighted by Gasteiger charge is 2.04. The lowest BCUT2D eigenvalue weighted by molar-refractivity contribution is 0.464. The zero-order chi connectivity index (χ0) is 15.5. The first-order valence-electron chi connectivity index (χ1n) is 7.87. The van der Waals surface area contributed by atoms with Crippen LogP contribution in [0.2, 0.25) is 0 Å². The minimum atomic E-state index is 0.945. The number of guanidine groups is 1. The lowest BCUT2D eigenvalue weighted by Gasteiger charge is -2.23. The standard InChI is InChI=1S/C17H30N4/c1-5-6-14-21(4)17(18-2)19-13-10-15-20(3)16-11-8-7-9-12-16/h7-9,11-12H,5-6,10,13-15H2,1-4H3,(H,18,19). The van der Waals surface area contributed by atoms with Crippen molar-refractivity contribution in [2.24, 2.45) is 4.99 Å². The van der Waals surface area contributed by atoms with Crippen LogP contribution in [0.4, 0.5) is 5.69 Å². The summed E-state index contributed by atoms with van der Waals surface area (Å²) < 4.78 is 0. The van der Waals surface area contributed by atoms with Gasteiger partial charge in [-0.15, -0.1) is 0 Å². The number of unbranched alkanes of at least 4 members (excludes halogenated alkanes) is 1. The number of benzene rings is 1. The van der Waals surface area contributed by atoms with Gasteiger partial charge in [0, 0.05) is 46.5 Å². The van der Waals surface area contributed by atoms with Gasteiger partial charge in [-0.2, -0.15) is 0 Å². The maximum Gasteiger partial charge on any atom is 0.193 e. The van der Waals surface area contributed by atoms with Crippen molar-refractivity contribution in [2.45, 2.75) is 26.2 Å². The van der Waals surface area contributed by atoms with E-state index in [2.05, 4.69) is 71.5 Å². The van der Waals surface area contributed by atoms with Crippen molar-refractivity contribution < 1.29 is 0 Å². The summed E-state index contributed by atoms with van der Waals surface area (Å²) in [6.07, 6.45) is 3.50. The normalized spacial score (nSPS) is 11.3. The first kappa shape index (κ1) is 17.3. The molecule has 0 radical (unpaired) electrons. The highest BCUT2D eigenvalue weighted by Crippen LogP contribution is 2.10. The molecular weight excluding hydrogens is 260 g/mol. The van der Waals surface area contributed by atoms with Crippen LogP contribution in [-0.2, 0) is 0 Å². The topological polar surface area (TPSA) is 30.9 Å². The van der Waals surface area contributed by atoms with E-state index in [0.29, 0.717) is 0 Å². The Balaban J connectivity index is 2.26. The van der Waals surface area contributed by atoms with Crippen molar-refractivity contribution in [1.29, 1.82) is 0 Å². The van der Waals surface area contributed by atoms with Gasteiger partial charge in [0.15, 0.2) is 5.96 Å². The highest BCUT2D eigenvalue weighted by atomic mass is 15.3. The van der Waals surface area contributed by atoms with Crippen molar-refractivity contribution in [3.05, 3.63) is 30.3 Å². The third-order valence-corrected chi connectivity index (χ3v) is 3.57. The van der Waals surface area contributed by atoms with E-state index in [1.165, 1.54) is 18.5 Å². The summed E-state index contributed by atoms with van der Waals surface area (Å²) in [7, 11) is 6.08. The molecule has 0 unspecified atom stereocenters. The summed E-state index contributed by atoms with van der Waals surface area (Å²) in [5.74, 6) is 0.991. The first-order valence-corrected chi connectivity index (χ1v) is 7.87. The molecule has 0 atom stereocenters. The van der Waals surface area contributed by atoms with Gasteiger partial charge >= 0.3 is 0 Å². The zero-order valence-electron chi connectivity index (χ0n) is 14.0. The average Bonchev–Trinajstić information content (AvgIpc) is 2.53. The van der Waals surface area contributed by atoms with Crippen LogP contribution in [0.5, 0.6) is 0 Å². The number of hydrogen-bond acceptors (Lipinski definition) is 2. The Morgan fingerprint density at radius 2 is 1.81 bits per heavy atom. The molecule has 1 N–H and O–H groups in total. The highest BCUT2D eigenvalue weighted by molar-refractivity contribution is 5.79. The van der Waals surface area contributed by atoms with Gasteiger partial charge in [-0.1, -0.05) is 31.5 Å². The molecule has 0 amide bonds. The van der Waals surface area contributed by atoms with Gasteiger partial charge in [-0.25, -0.2) is 0 Å². The summed E-state index contributed by atoms with van der Waals surface area (Å²) in [4.78, 5) is 8.82. The average molecular weight is 290 g/mol. The fourth-order valence-corrected chi connectivity index (χ4v) is 2.21. The van der Waals surface area contributed by atoms with Gasteiger partial charge in [0.1, 0.15) is 0 Å². The Kier molecular flexibility index (Phi) is 8.32. The van der Waals surface area contributed by atoms with Crippen molar-refractivity contribution in [3.8, 4) is 0 Å². The number of para-hydroxylation sites is 1. The van der Waals surface area contributed by atoms with Gasteiger partial charge in [-0.05, 0) is 25.0 Å². The summed E-state index contributed by atoms with van der Waals surface area (Å²) in [6, 6.07) is 10.5. The summed E-state index contributed by atoms with van der Waals surface area (Å²) in [5.41, 5.74) is 1.27. The molecular formula is C17H30N4. The maximum atomic E-state index is 4.33. The molecule has 0 bridgehead atoms. The molecule has 1 aromatic rings. The second kappa shape index (κ2) is 10.1. The minimum absolute atomic E-state index is 0.945. The van der Waals surface area contributed by atoms with Crippen LogP contribution in [0.25, 0.3) is 0 Å². The molecule has 0 saturated heterocycles. The van der Waals surface area contributed by atoms with E-state index >= 15 is 0 Å². The van der Waals surface area contributed by atoms with Crippen molar-refractivity contribution in [1.82, 2.24) is 10.2 Å². The Bertz CT molecular complexity index is 403. The second-order valence-electron chi connectivity index (χ2n) is 5.36. The van der Waals surface area contributed by atoms with Crippen LogP contribution in [0.1, 0.15) is 26.2 Å². The Labute approximate surface area is 129 Å². The summed E-state index contributed by atoms with van der Waals surface area (Å²) in [5, 5.41) is 3.43. The predicted octanol–water partition coefficient (Wildman–Crippen LogP) is 2.82. The van der Waals surface area contributed by atoms with E-state index in [4.69, 9.17) is 0 Å². The molecule has 0 heterocycles. The molecule has 0 aliphatic rings. The van der Waals surface area contributed by atoms with Gasteiger partial charge < -0.3 is 15.1 Å². The fourth-order valence-electron chi connectivity index (χ4n) is 2.21. The molecule has 118 valence electrons. The number of hydrogen-bond donors (Lipinski definition) is 1. The molecule has 1 rings (SSSR count). The third-order valence-electron chi connectivity index (χ3n) is 3.57. The maximum absolute atomic E-state index is 4.33. The van der Waals surface area contributed by atoms with E-state index in [0.717, 1.165) is 32.0 Å². The van der Waals surface area contributed by atoms with Crippen molar-refractivity contribution in [3.63, 3.8) is 0 Å². The van der Waals surface area contributed by atoms with E-state index in [9.17, 15) is 0 Å².